The van der Waals surface area contributed by atoms with Crippen LogP contribution in [0, 0.1) is 26.4 Å². The van der Waals surface area contributed by atoms with Gasteiger partial charge in [0, 0.05) is 22.4 Å². The molecule has 0 aliphatic heterocycles. The highest BCUT2D eigenvalue weighted by Gasteiger charge is 2.28. The molecule has 0 radical (unpaired) electrons. The van der Waals surface area contributed by atoms with E-state index in [0.29, 0.717) is 5.69 Å². The number of benzene rings is 2. The summed E-state index contributed by atoms with van der Waals surface area (Å²) in [7, 11) is 2.49. The number of halogens is 2. The number of carbonyl (C=O) groups is 1. The number of carbonyl (C=O) groups excluding carboxylic acids is 1. The van der Waals surface area contributed by atoms with Gasteiger partial charge >= 0.3 is 5.97 Å². The van der Waals surface area contributed by atoms with Crippen LogP contribution in [0.1, 0.15) is 15.9 Å². The average molecular weight is 459 g/mol. The lowest BCUT2D eigenvalue weighted by atomic mass is 10.1. The summed E-state index contributed by atoms with van der Waals surface area (Å²) in [4.78, 5) is 22.4. The lowest BCUT2D eigenvalue weighted by Gasteiger charge is -2.16. The molecule has 25 heavy (non-hydrogen) atoms. The number of ether oxygens (including phenoxy) is 1. The summed E-state index contributed by atoms with van der Waals surface area (Å²) in [5, 5.41) is 16.5. The monoisotopic (exact) mass is 459 g/mol. The van der Waals surface area contributed by atoms with Crippen molar-refractivity contribution in [3.05, 3.63) is 54.9 Å². The second-order valence-corrected chi connectivity index (χ2v) is 6.34. The molecule has 0 bridgehead atoms. The Kier molecular flexibility index (Phi) is 5.77. The molecule has 0 aliphatic rings. The standard InChI is InChI=1S/C16H15FIN3O4/c1-8-6-9(18)4-5-11(8)20-14-10(16(22)25-3)7-12(21(23)24)15(19-2)13(14)17/h4-7,19-20H,1-3H3. The molecular weight excluding hydrogens is 444 g/mol. The second-order valence-electron chi connectivity index (χ2n) is 5.09. The maximum Gasteiger partial charge on any atom is 0.340 e. The average Bonchev–Trinajstić information content (AvgIpc) is 2.57. The van der Waals surface area contributed by atoms with Crippen molar-refractivity contribution < 1.29 is 18.8 Å². The van der Waals surface area contributed by atoms with Crippen LogP contribution in [0.5, 0.6) is 0 Å². The Bertz CT molecular complexity index is 858. The van der Waals surface area contributed by atoms with Gasteiger partial charge in [0.1, 0.15) is 0 Å². The molecule has 2 aromatic carbocycles. The van der Waals surface area contributed by atoms with Gasteiger partial charge in [-0.05, 0) is 53.3 Å². The van der Waals surface area contributed by atoms with Gasteiger partial charge in [0.05, 0.1) is 23.3 Å². The van der Waals surface area contributed by atoms with E-state index in [-0.39, 0.29) is 16.9 Å². The van der Waals surface area contributed by atoms with Crippen molar-refractivity contribution >= 4 is 51.3 Å². The van der Waals surface area contributed by atoms with Crippen LogP contribution in [0.25, 0.3) is 0 Å². The van der Waals surface area contributed by atoms with E-state index in [1.807, 2.05) is 19.1 Å². The van der Waals surface area contributed by atoms with Crippen LogP contribution >= 0.6 is 22.6 Å². The van der Waals surface area contributed by atoms with Gasteiger partial charge < -0.3 is 15.4 Å². The summed E-state index contributed by atoms with van der Waals surface area (Å²) in [6.07, 6.45) is 0. The molecule has 7 nitrogen and oxygen atoms in total. The van der Waals surface area contributed by atoms with Crippen LogP contribution in [0.3, 0.4) is 0 Å². The molecular formula is C16H15FIN3O4. The molecule has 0 fully saturated rings. The van der Waals surface area contributed by atoms with Gasteiger partial charge in [-0.25, -0.2) is 9.18 Å². The van der Waals surface area contributed by atoms with Crippen molar-refractivity contribution in [1.82, 2.24) is 0 Å². The van der Waals surface area contributed by atoms with Crippen LogP contribution in [0.15, 0.2) is 24.3 Å². The van der Waals surface area contributed by atoms with E-state index >= 15 is 0 Å². The van der Waals surface area contributed by atoms with Gasteiger partial charge in [-0.2, -0.15) is 0 Å². The zero-order chi connectivity index (χ0) is 18.7. The van der Waals surface area contributed by atoms with E-state index in [1.54, 1.807) is 6.07 Å². The fraction of sp³-hybridized carbons (Fsp3) is 0.188. The third kappa shape index (κ3) is 3.81. The molecule has 9 heteroatoms. The van der Waals surface area contributed by atoms with Crippen molar-refractivity contribution in [2.75, 3.05) is 24.8 Å². The number of nitrogens with one attached hydrogen (secondary N) is 2. The number of nitrogens with zero attached hydrogens (tertiary/aromatic N) is 1. The number of nitro groups is 1. The van der Waals surface area contributed by atoms with Crippen molar-refractivity contribution in [3.63, 3.8) is 0 Å². The molecule has 0 saturated heterocycles. The van der Waals surface area contributed by atoms with Crippen molar-refractivity contribution in [3.8, 4) is 0 Å². The summed E-state index contributed by atoms with van der Waals surface area (Å²) in [5.41, 5.74) is 0.0789. The molecule has 0 unspecified atom stereocenters. The van der Waals surface area contributed by atoms with Crippen LogP contribution in [0.2, 0.25) is 0 Å². The van der Waals surface area contributed by atoms with E-state index < -0.39 is 22.4 Å². The van der Waals surface area contributed by atoms with E-state index in [1.165, 1.54) is 7.05 Å². The molecule has 0 aromatic heterocycles. The highest BCUT2D eigenvalue weighted by Crippen LogP contribution is 2.37. The lowest BCUT2D eigenvalue weighted by Crippen LogP contribution is -2.11. The van der Waals surface area contributed by atoms with E-state index in [0.717, 1.165) is 22.3 Å². The Hall–Kier alpha value is -2.43. The van der Waals surface area contributed by atoms with Crippen LogP contribution < -0.4 is 10.6 Å². The van der Waals surface area contributed by atoms with Gasteiger partial charge in [0.25, 0.3) is 5.69 Å². The number of rotatable bonds is 5. The zero-order valence-corrected chi connectivity index (χ0v) is 15.8. The lowest BCUT2D eigenvalue weighted by molar-refractivity contribution is -0.384. The summed E-state index contributed by atoms with van der Waals surface area (Å²) < 4.78 is 20.5. The largest absolute Gasteiger partial charge is 0.465 e. The van der Waals surface area contributed by atoms with Crippen molar-refractivity contribution in [2.24, 2.45) is 0 Å². The number of nitro benzene ring substituents is 1. The Morgan fingerprint density at radius 1 is 1.32 bits per heavy atom. The topological polar surface area (TPSA) is 93.5 Å². The number of hydrogen-bond donors (Lipinski definition) is 2. The highest BCUT2D eigenvalue weighted by molar-refractivity contribution is 14.1. The molecule has 0 heterocycles. The van der Waals surface area contributed by atoms with Crippen LogP contribution in [-0.2, 0) is 4.74 Å². The number of hydrogen-bond acceptors (Lipinski definition) is 6. The smallest absolute Gasteiger partial charge is 0.340 e. The van der Waals surface area contributed by atoms with Crippen molar-refractivity contribution in [1.29, 1.82) is 0 Å². The molecule has 0 atom stereocenters. The Morgan fingerprint density at radius 3 is 2.52 bits per heavy atom. The molecule has 2 aromatic rings. The fourth-order valence-electron chi connectivity index (χ4n) is 2.31. The maximum absolute atomic E-state index is 14.9. The molecule has 132 valence electrons. The van der Waals surface area contributed by atoms with E-state index in [2.05, 4.69) is 38.0 Å². The van der Waals surface area contributed by atoms with E-state index in [9.17, 15) is 19.3 Å². The third-order valence-corrected chi connectivity index (χ3v) is 4.22. The van der Waals surface area contributed by atoms with Gasteiger partial charge in [0.15, 0.2) is 11.5 Å². The Balaban J connectivity index is 2.69. The third-order valence-electron chi connectivity index (χ3n) is 3.55. The normalized spacial score (nSPS) is 10.3. The minimum Gasteiger partial charge on any atom is -0.465 e. The highest BCUT2D eigenvalue weighted by atomic mass is 127. The number of esters is 1. The number of methoxy groups -OCH3 is 1. The van der Waals surface area contributed by atoms with Gasteiger partial charge in [-0.1, -0.05) is 0 Å². The Morgan fingerprint density at radius 2 is 2.00 bits per heavy atom. The maximum atomic E-state index is 14.9. The van der Waals surface area contributed by atoms with E-state index in [4.69, 9.17) is 0 Å². The first-order valence-electron chi connectivity index (χ1n) is 7.10. The molecule has 0 aliphatic carbocycles. The second kappa shape index (κ2) is 7.64. The molecule has 2 N–H and O–H groups in total. The van der Waals surface area contributed by atoms with Crippen LogP contribution in [-0.4, -0.2) is 25.1 Å². The number of aryl methyl sites for hydroxylation is 1. The number of anilines is 3. The first kappa shape index (κ1) is 18.9. The van der Waals surface area contributed by atoms with Gasteiger partial charge in [0.2, 0.25) is 0 Å². The fourth-order valence-corrected chi connectivity index (χ4v) is 2.96. The van der Waals surface area contributed by atoms with Crippen LogP contribution in [0.4, 0.5) is 27.1 Å². The summed E-state index contributed by atoms with van der Waals surface area (Å²) >= 11 is 2.15. The van der Waals surface area contributed by atoms with Gasteiger partial charge in [-0.15, -0.1) is 0 Å². The SMILES string of the molecule is CNc1c([N+](=O)[O-])cc(C(=O)OC)c(Nc2ccc(I)cc2C)c1F. The predicted molar refractivity (Wildman–Crippen MR) is 101 cm³/mol. The minimum absolute atomic E-state index is 0.189. The minimum atomic E-state index is -0.935. The summed E-state index contributed by atoms with van der Waals surface area (Å²) in [6.45, 7) is 1.82. The summed E-state index contributed by atoms with van der Waals surface area (Å²) in [5.74, 6) is -1.81. The zero-order valence-electron chi connectivity index (χ0n) is 13.6. The first-order valence-corrected chi connectivity index (χ1v) is 8.18. The van der Waals surface area contributed by atoms with Gasteiger partial charge in [-0.3, -0.25) is 10.1 Å². The van der Waals surface area contributed by atoms with Crippen molar-refractivity contribution in [2.45, 2.75) is 6.92 Å². The quantitative estimate of drug-likeness (QED) is 0.301. The molecule has 0 spiro atoms. The molecule has 0 saturated carbocycles. The molecule has 2 rings (SSSR count). The Labute approximate surface area is 156 Å². The predicted octanol–water partition coefficient (Wildman–Crippen LogP) is 4.22. The molecule has 0 amide bonds. The first-order chi connectivity index (χ1) is 11.8. The summed E-state index contributed by atoms with van der Waals surface area (Å²) in [6, 6.07) is 6.42.